The number of hydrogen-bond acceptors (Lipinski definition) is 4. The van der Waals surface area contributed by atoms with E-state index >= 15 is 0 Å². The number of rotatable bonds is 6. The molecule has 1 aromatic heterocycles. The lowest BCUT2D eigenvalue weighted by atomic mass is 10.0. The zero-order valence-corrected chi connectivity index (χ0v) is 15.6. The van der Waals surface area contributed by atoms with Crippen LogP contribution in [0.3, 0.4) is 0 Å². The highest BCUT2D eigenvalue weighted by Gasteiger charge is 2.36. The molecule has 7 heteroatoms. The summed E-state index contributed by atoms with van der Waals surface area (Å²) in [7, 11) is 1.55. The summed E-state index contributed by atoms with van der Waals surface area (Å²) in [6.45, 7) is 7.76. The molecule has 0 radical (unpaired) electrons. The molecule has 2 aromatic rings. The molecule has 0 spiro atoms. The molecule has 2 rings (SSSR count). The van der Waals surface area contributed by atoms with E-state index in [0.29, 0.717) is 11.6 Å². The smallest absolute Gasteiger partial charge is 0.421 e. The molecule has 0 fully saturated rings. The molecule has 0 saturated heterocycles. The first-order chi connectivity index (χ1) is 12.1. The van der Waals surface area contributed by atoms with E-state index in [0.717, 1.165) is 18.2 Å². The van der Waals surface area contributed by atoms with Crippen molar-refractivity contribution in [2.24, 2.45) is 5.92 Å². The van der Waals surface area contributed by atoms with E-state index in [9.17, 15) is 13.2 Å². The molecule has 0 saturated carbocycles. The molecule has 4 nitrogen and oxygen atoms in total. The summed E-state index contributed by atoms with van der Waals surface area (Å²) in [6, 6.07) is 7.36. The molecule has 0 atom stereocenters. The van der Waals surface area contributed by atoms with Crippen molar-refractivity contribution in [1.82, 2.24) is 9.97 Å². The van der Waals surface area contributed by atoms with Crippen molar-refractivity contribution in [1.29, 1.82) is 0 Å². The fraction of sp³-hybridized carbons (Fsp3) is 0.474. The van der Waals surface area contributed by atoms with Crippen LogP contribution in [-0.2, 0) is 12.6 Å². The van der Waals surface area contributed by atoms with Crippen molar-refractivity contribution in [2.45, 2.75) is 46.4 Å². The number of halogens is 3. The van der Waals surface area contributed by atoms with Crippen LogP contribution in [0.2, 0.25) is 0 Å². The van der Waals surface area contributed by atoms with Crippen LogP contribution >= 0.6 is 0 Å². The Kier molecular flexibility index (Phi) is 6.10. The van der Waals surface area contributed by atoms with Gasteiger partial charge in [0, 0.05) is 18.9 Å². The standard InChI is InChI=1S/C19H24F3N3O/c1-12(2)10-14-6-8-15(9-7-14)25(5)17-16(19(20,21)22)11-23-18(24-17)26-13(3)4/h6-9,11-13H,10H2,1-5H3. The Morgan fingerprint density at radius 1 is 1.08 bits per heavy atom. The van der Waals surface area contributed by atoms with Crippen LogP contribution < -0.4 is 9.64 Å². The molecule has 0 N–H and O–H groups in total. The van der Waals surface area contributed by atoms with E-state index in [4.69, 9.17) is 4.74 Å². The molecule has 0 unspecified atom stereocenters. The number of alkyl halides is 3. The molecule has 142 valence electrons. The summed E-state index contributed by atoms with van der Waals surface area (Å²) >= 11 is 0. The lowest BCUT2D eigenvalue weighted by Gasteiger charge is -2.23. The largest absolute Gasteiger partial charge is 0.461 e. The third kappa shape index (κ3) is 5.09. The molecule has 0 amide bonds. The van der Waals surface area contributed by atoms with Gasteiger partial charge in [0.05, 0.1) is 6.10 Å². The number of benzene rings is 1. The SMILES string of the molecule is CC(C)Cc1ccc(N(C)c2nc(OC(C)C)ncc2C(F)(F)F)cc1. The topological polar surface area (TPSA) is 38.2 Å². The first-order valence-electron chi connectivity index (χ1n) is 8.51. The molecule has 0 aliphatic rings. The van der Waals surface area contributed by atoms with Gasteiger partial charge in [0.2, 0.25) is 0 Å². The van der Waals surface area contributed by atoms with Crippen LogP contribution in [0.25, 0.3) is 0 Å². The number of aromatic nitrogens is 2. The minimum Gasteiger partial charge on any atom is -0.461 e. The monoisotopic (exact) mass is 367 g/mol. The molecular weight excluding hydrogens is 343 g/mol. The van der Waals surface area contributed by atoms with Gasteiger partial charge in [-0.05, 0) is 43.9 Å². The first-order valence-corrected chi connectivity index (χ1v) is 8.51. The first kappa shape index (κ1) is 20.0. The summed E-state index contributed by atoms with van der Waals surface area (Å²) in [4.78, 5) is 9.09. The van der Waals surface area contributed by atoms with Gasteiger partial charge in [0.15, 0.2) is 5.82 Å². The van der Waals surface area contributed by atoms with E-state index in [1.165, 1.54) is 4.90 Å². The van der Waals surface area contributed by atoms with Crippen LogP contribution in [0.5, 0.6) is 6.01 Å². The maximum Gasteiger partial charge on any atom is 0.421 e. The average Bonchev–Trinajstić information content (AvgIpc) is 2.52. The zero-order chi connectivity index (χ0) is 19.5. The van der Waals surface area contributed by atoms with Crippen molar-refractivity contribution in [3.63, 3.8) is 0 Å². The Morgan fingerprint density at radius 3 is 2.19 bits per heavy atom. The fourth-order valence-electron chi connectivity index (χ4n) is 2.53. The summed E-state index contributed by atoms with van der Waals surface area (Å²) in [5, 5.41) is 0. The van der Waals surface area contributed by atoms with Gasteiger partial charge in [0.25, 0.3) is 0 Å². The Hall–Kier alpha value is -2.31. The minimum atomic E-state index is -4.56. The van der Waals surface area contributed by atoms with Crippen LogP contribution in [0.4, 0.5) is 24.7 Å². The van der Waals surface area contributed by atoms with E-state index in [1.807, 2.05) is 12.1 Å². The van der Waals surface area contributed by atoms with Crippen LogP contribution in [0, 0.1) is 5.92 Å². The molecule has 0 aliphatic carbocycles. The number of nitrogens with zero attached hydrogens (tertiary/aromatic N) is 3. The normalized spacial score (nSPS) is 11.9. The average molecular weight is 367 g/mol. The van der Waals surface area contributed by atoms with Gasteiger partial charge < -0.3 is 9.64 Å². The maximum absolute atomic E-state index is 13.4. The third-order valence-corrected chi connectivity index (χ3v) is 3.68. The van der Waals surface area contributed by atoms with Crippen LogP contribution in [0.1, 0.15) is 38.8 Å². The fourth-order valence-corrected chi connectivity index (χ4v) is 2.53. The molecular formula is C19H24F3N3O. The van der Waals surface area contributed by atoms with Gasteiger partial charge in [-0.1, -0.05) is 26.0 Å². The molecule has 26 heavy (non-hydrogen) atoms. The highest BCUT2D eigenvalue weighted by atomic mass is 19.4. The van der Waals surface area contributed by atoms with E-state index in [1.54, 1.807) is 33.0 Å². The van der Waals surface area contributed by atoms with Crippen molar-refractivity contribution >= 4 is 11.5 Å². The number of ether oxygens (including phenoxy) is 1. The number of hydrogen-bond donors (Lipinski definition) is 0. The van der Waals surface area contributed by atoms with Crippen molar-refractivity contribution in [3.8, 4) is 6.01 Å². The molecule has 1 aromatic carbocycles. The molecule has 0 bridgehead atoms. The zero-order valence-electron chi connectivity index (χ0n) is 15.6. The third-order valence-electron chi connectivity index (χ3n) is 3.68. The molecule has 1 heterocycles. The summed E-state index contributed by atoms with van der Waals surface area (Å²) < 4.78 is 45.5. The van der Waals surface area contributed by atoms with Crippen LogP contribution in [-0.4, -0.2) is 23.1 Å². The Labute approximate surface area is 152 Å². The Bertz CT molecular complexity index is 728. The summed E-state index contributed by atoms with van der Waals surface area (Å²) in [5.41, 5.74) is 0.847. The van der Waals surface area contributed by atoms with Crippen molar-refractivity contribution in [3.05, 3.63) is 41.6 Å². The highest BCUT2D eigenvalue weighted by Crippen LogP contribution is 2.37. The van der Waals surface area contributed by atoms with E-state index in [2.05, 4.69) is 23.8 Å². The van der Waals surface area contributed by atoms with Gasteiger partial charge in [0.1, 0.15) is 5.56 Å². The van der Waals surface area contributed by atoms with Gasteiger partial charge in [-0.3, -0.25) is 0 Å². The second kappa shape index (κ2) is 7.93. The number of anilines is 2. The van der Waals surface area contributed by atoms with E-state index in [-0.39, 0.29) is 17.9 Å². The van der Waals surface area contributed by atoms with Crippen molar-refractivity contribution in [2.75, 3.05) is 11.9 Å². The highest BCUT2D eigenvalue weighted by molar-refractivity contribution is 5.63. The van der Waals surface area contributed by atoms with Crippen LogP contribution in [0.15, 0.2) is 30.5 Å². The predicted octanol–water partition coefficient (Wildman–Crippen LogP) is 5.25. The van der Waals surface area contributed by atoms with Crippen molar-refractivity contribution < 1.29 is 17.9 Å². The lowest BCUT2D eigenvalue weighted by Crippen LogP contribution is -2.20. The quantitative estimate of drug-likeness (QED) is 0.699. The van der Waals surface area contributed by atoms with Gasteiger partial charge >= 0.3 is 12.2 Å². The predicted molar refractivity (Wildman–Crippen MR) is 95.8 cm³/mol. The summed E-state index contributed by atoms with van der Waals surface area (Å²) in [5.74, 6) is 0.271. The lowest BCUT2D eigenvalue weighted by molar-refractivity contribution is -0.137. The van der Waals surface area contributed by atoms with Gasteiger partial charge in [-0.2, -0.15) is 18.2 Å². The summed E-state index contributed by atoms with van der Waals surface area (Å²) in [6.07, 6.45) is -3.11. The minimum absolute atomic E-state index is 0.0775. The maximum atomic E-state index is 13.4. The second-order valence-corrected chi connectivity index (χ2v) is 6.88. The van der Waals surface area contributed by atoms with E-state index < -0.39 is 11.7 Å². The van der Waals surface area contributed by atoms with Gasteiger partial charge in [-0.15, -0.1) is 0 Å². The second-order valence-electron chi connectivity index (χ2n) is 6.88. The Balaban J connectivity index is 2.40. The molecule has 0 aliphatic heterocycles. The van der Waals surface area contributed by atoms with Gasteiger partial charge in [-0.25, -0.2) is 4.98 Å². The Morgan fingerprint density at radius 2 is 1.69 bits per heavy atom.